The molecule has 1 aromatic heterocycles. The van der Waals surface area contributed by atoms with E-state index in [-0.39, 0.29) is 6.03 Å². The number of nitrogens with zero attached hydrogens (tertiary/aromatic N) is 3. The minimum Gasteiger partial charge on any atom is -0.357 e. The average molecular weight is 402 g/mol. The van der Waals surface area contributed by atoms with Gasteiger partial charge in [-0.1, -0.05) is 32.1 Å². The summed E-state index contributed by atoms with van der Waals surface area (Å²) in [7, 11) is 2.22. The van der Waals surface area contributed by atoms with Gasteiger partial charge >= 0.3 is 6.03 Å². The minimum absolute atomic E-state index is 0.0848. The summed E-state index contributed by atoms with van der Waals surface area (Å²) in [5.41, 5.74) is 1.10. The smallest absolute Gasteiger partial charge is 0.315 e. The second-order valence-electron chi connectivity index (χ2n) is 8.66. The molecule has 6 heteroatoms. The van der Waals surface area contributed by atoms with E-state index in [1.165, 1.54) is 57.8 Å². The summed E-state index contributed by atoms with van der Waals surface area (Å²) in [6.45, 7) is 4.48. The first kappa shape index (κ1) is 21.9. The van der Waals surface area contributed by atoms with Crippen LogP contribution in [0.3, 0.4) is 0 Å². The van der Waals surface area contributed by atoms with Crippen molar-refractivity contribution in [2.75, 3.05) is 38.1 Å². The van der Waals surface area contributed by atoms with Crippen molar-refractivity contribution in [3.63, 3.8) is 0 Å². The van der Waals surface area contributed by atoms with Crippen LogP contribution in [0, 0.1) is 0 Å². The van der Waals surface area contributed by atoms with E-state index in [4.69, 9.17) is 0 Å². The Hall–Kier alpha value is -1.82. The molecule has 1 saturated heterocycles. The Kier molecular flexibility index (Phi) is 9.06. The maximum Gasteiger partial charge on any atom is 0.315 e. The third-order valence-electron chi connectivity index (χ3n) is 6.36. The topological polar surface area (TPSA) is 60.5 Å². The molecule has 6 nitrogen and oxygen atoms in total. The molecular formula is C23H39N5O. The van der Waals surface area contributed by atoms with Crippen LogP contribution in [0.1, 0.15) is 69.8 Å². The number of carbonyl (C=O) groups is 1. The molecule has 0 bridgehead atoms. The van der Waals surface area contributed by atoms with Crippen molar-refractivity contribution in [2.24, 2.45) is 0 Å². The number of amides is 2. The standard InChI is InChI=1S/C23H39N5O/c1-27(21-10-5-4-6-11-21)15-9-13-25-23(29)26-19-20-12-14-24-22(18-20)28-16-7-2-3-8-17-28/h12,14,18,21H,2-11,13,15-17,19H2,1H3,(H2,25,26,29). The molecule has 29 heavy (non-hydrogen) atoms. The van der Waals surface area contributed by atoms with Crippen LogP contribution in [0.5, 0.6) is 0 Å². The molecule has 1 aliphatic heterocycles. The Labute approximate surface area is 176 Å². The Balaban J connectivity index is 1.33. The van der Waals surface area contributed by atoms with Gasteiger partial charge in [-0.3, -0.25) is 0 Å². The number of aromatic nitrogens is 1. The molecule has 2 N–H and O–H groups in total. The first-order valence-electron chi connectivity index (χ1n) is 11.6. The summed E-state index contributed by atoms with van der Waals surface area (Å²) in [6, 6.07) is 4.76. The zero-order chi connectivity index (χ0) is 20.3. The highest BCUT2D eigenvalue weighted by Gasteiger charge is 2.17. The molecule has 2 aliphatic rings. The van der Waals surface area contributed by atoms with Crippen LogP contribution in [0.25, 0.3) is 0 Å². The van der Waals surface area contributed by atoms with Gasteiger partial charge in [-0.25, -0.2) is 9.78 Å². The fraction of sp³-hybridized carbons (Fsp3) is 0.739. The van der Waals surface area contributed by atoms with Crippen molar-refractivity contribution in [3.05, 3.63) is 23.9 Å². The van der Waals surface area contributed by atoms with E-state index in [2.05, 4.69) is 38.5 Å². The number of hydrogen-bond acceptors (Lipinski definition) is 4. The van der Waals surface area contributed by atoms with Gasteiger partial charge in [-0.2, -0.15) is 0 Å². The molecule has 1 saturated carbocycles. The van der Waals surface area contributed by atoms with Crippen LogP contribution in [-0.4, -0.2) is 55.2 Å². The van der Waals surface area contributed by atoms with Crippen molar-refractivity contribution in [1.29, 1.82) is 0 Å². The van der Waals surface area contributed by atoms with Crippen molar-refractivity contribution in [2.45, 2.75) is 76.8 Å². The molecule has 0 unspecified atom stereocenters. The van der Waals surface area contributed by atoms with E-state index in [1.54, 1.807) is 0 Å². The second kappa shape index (κ2) is 12.0. The Morgan fingerprint density at radius 1 is 1.10 bits per heavy atom. The molecule has 2 heterocycles. The minimum atomic E-state index is -0.0848. The summed E-state index contributed by atoms with van der Waals surface area (Å²) in [6.07, 6.45) is 14.7. The van der Waals surface area contributed by atoms with E-state index >= 15 is 0 Å². The predicted molar refractivity (Wildman–Crippen MR) is 119 cm³/mol. The fourth-order valence-corrected chi connectivity index (χ4v) is 4.52. The van der Waals surface area contributed by atoms with Crippen LogP contribution >= 0.6 is 0 Å². The maximum atomic E-state index is 12.1. The van der Waals surface area contributed by atoms with Crippen LogP contribution in [0.15, 0.2) is 18.3 Å². The molecule has 2 amide bonds. The number of nitrogens with one attached hydrogen (secondary N) is 2. The molecular weight excluding hydrogens is 362 g/mol. The summed E-state index contributed by atoms with van der Waals surface area (Å²) in [5, 5.41) is 5.98. The van der Waals surface area contributed by atoms with Crippen molar-refractivity contribution < 1.29 is 4.79 Å². The van der Waals surface area contributed by atoms with Crippen molar-refractivity contribution in [1.82, 2.24) is 20.5 Å². The van der Waals surface area contributed by atoms with E-state index in [1.807, 2.05) is 12.3 Å². The Morgan fingerprint density at radius 2 is 1.83 bits per heavy atom. The van der Waals surface area contributed by atoms with Gasteiger partial charge in [0.1, 0.15) is 5.82 Å². The highest BCUT2D eigenvalue weighted by Crippen LogP contribution is 2.21. The lowest BCUT2D eigenvalue weighted by atomic mass is 9.94. The van der Waals surface area contributed by atoms with Crippen molar-refractivity contribution >= 4 is 11.8 Å². The van der Waals surface area contributed by atoms with E-state index in [9.17, 15) is 4.79 Å². The first-order valence-corrected chi connectivity index (χ1v) is 11.6. The molecule has 0 spiro atoms. The lowest BCUT2D eigenvalue weighted by molar-refractivity contribution is 0.189. The Morgan fingerprint density at radius 3 is 2.59 bits per heavy atom. The number of carbonyl (C=O) groups excluding carboxylic acids is 1. The first-order chi connectivity index (χ1) is 14.2. The lowest BCUT2D eigenvalue weighted by Crippen LogP contribution is -2.38. The molecule has 2 fully saturated rings. The molecule has 1 aromatic rings. The molecule has 162 valence electrons. The van der Waals surface area contributed by atoms with Crippen molar-refractivity contribution in [3.8, 4) is 0 Å². The van der Waals surface area contributed by atoms with Gasteiger partial charge in [0.15, 0.2) is 0 Å². The average Bonchev–Trinajstić information content (AvgIpc) is 3.05. The van der Waals surface area contributed by atoms with Gasteiger partial charge < -0.3 is 20.4 Å². The third kappa shape index (κ3) is 7.50. The molecule has 1 aliphatic carbocycles. The maximum absolute atomic E-state index is 12.1. The monoisotopic (exact) mass is 401 g/mol. The quantitative estimate of drug-likeness (QED) is 0.648. The van der Waals surface area contributed by atoms with Crippen LogP contribution < -0.4 is 15.5 Å². The number of hydrogen-bond donors (Lipinski definition) is 2. The number of rotatable bonds is 8. The molecule has 0 atom stereocenters. The van der Waals surface area contributed by atoms with E-state index in [0.717, 1.165) is 50.0 Å². The van der Waals surface area contributed by atoms with Crippen LogP contribution in [0.4, 0.5) is 10.6 Å². The van der Waals surface area contributed by atoms with Gasteiger partial charge in [-0.05, 0) is 63.4 Å². The highest BCUT2D eigenvalue weighted by atomic mass is 16.2. The highest BCUT2D eigenvalue weighted by molar-refractivity contribution is 5.73. The molecule has 0 aromatic carbocycles. The number of urea groups is 1. The van der Waals surface area contributed by atoms with Gasteiger partial charge in [0.25, 0.3) is 0 Å². The lowest BCUT2D eigenvalue weighted by Gasteiger charge is -2.31. The summed E-state index contributed by atoms with van der Waals surface area (Å²) < 4.78 is 0. The van der Waals surface area contributed by atoms with Gasteiger partial charge in [0.2, 0.25) is 0 Å². The summed E-state index contributed by atoms with van der Waals surface area (Å²) in [5.74, 6) is 1.04. The van der Waals surface area contributed by atoms with Gasteiger partial charge in [0, 0.05) is 38.4 Å². The van der Waals surface area contributed by atoms with E-state index < -0.39 is 0 Å². The summed E-state index contributed by atoms with van der Waals surface area (Å²) in [4.78, 5) is 21.5. The number of anilines is 1. The Bertz CT molecular complexity index is 609. The SMILES string of the molecule is CN(CCCNC(=O)NCc1ccnc(N2CCCCCC2)c1)C1CCCCC1. The third-order valence-corrected chi connectivity index (χ3v) is 6.36. The van der Waals surface area contributed by atoms with Crippen LogP contribution in [0.2, 0.25) is 0 Å². The van der Waals surface area contributed by atoms with Gasteiger partial charge in [0.05, 0.1) is 0 Å². The van der Waals surface area contributed by atoms with E-state index in [0.29, 0.717) is 6.54 Å². The number of pyridine rings is 1. The normalized spacial score (nSPS) is 18.5. The fourth-order valence-electron chi connectivity index (χ4n) is 4.52. The zero-order valence-corrected chi connectivity index (χ0v) is 18.2. The largest absolute Gasteiger partial charge is 0.357 e. The molecule has 3 rings (SSSR count). The van der Waals surface area contributed by atoms with Crippen LogP contribution in [-0.2, 0) is 6.54 Å². The predicted octanol–water partition coefficient (Wildman–Crippen LogP) is 3.92. The van der Waals surface area contributed by atoms with Gasteiger partial charge in [-0.15, -0.1) is 0 Å². The zero-order valence-electron chi connectivity index (χ0n) is 18.2. The summed E-state index contributed by atoms with van der Waals surface area (Å²) >= 11 is 0. The molecule has 0 radical (unpaired) electrons. The second-order valence-corrected chi connectivity index (χ2v) is 8.66.